The molecule has 4 aromatic rings. The molecule has 5 heteroatoms. The molecule has 0 aliphatic carbocycles. The Morgan fingerprint density at radius 1 is 1.00 bits per heavy atom. The molecule has 0 unspecified atom stereocenters. The van der Waals surface area contributed by atoms with Crippen LogP contribution in [0.1, 0.15) is 23.8 Å². The van der Waals surface area contributed by atoms with Gasteiger partial charge in [0.25, 0.3) is 0 Å². The van der Waals surface area contributed by atoms with E-state index in [9.17, 15) is 4.79 Å². The molecule has 3 aromatic carbocycles. The van der Waals surface area contributed by atoms with Gasteiger partial charge in [0, 0.05) is 17.5 Å². The molecule has 0 radical (unpaired) electrons. The van der Waals surface area contributed by atoms with E-state index in [0.717, 1.165) is 33.2 Å². The largest absolute Gasteiger partial charge is 0.485 e. The van der Waals surface area contributed by atoms with E-state index in [4.69, 9.17) is 19.6 Å². The quantitative estimate of drug-likeness (QED) is 0.398. The predicted octanol–water partition coefficient (Wildman–Crippen LogP) is 5.24. The van der Waals surface area contributed by atoms with Crippen LogP contribution in [-0.2, 0) is 29.1 Å². The standard InChI is InChI=1S/C26H25NO4/c1-2-29-26(28)14-20-8-3-4-11-24(20)30-17-21-15-23-22(10-6-12-25(23)31-21)19-9-5-7-18(13-19)16-27/h3-13,15H,2,14,16-17,27H2,1H3. The third kappa shape index (κ3) is 4.78. The zero-order valence-electron chi connectivity index (χ0n) is 17.5. The number of hydrogen-bond donors (Lipinski definition) is 1. The average molecular weight is 415 g/mol. The first-order chi connectivity index (χ1) is 15.2. The number of benzene rings is 3. The zero-order chi connectivity index (χ0) is 21.6. The van der Waals surface area contributed by atoms with Gasteiger partial charge in [0.2, 0.25) is 0 Å². The lowest BCUT2D eigenvalue weighted by atomic mass is 10.00. The van der Waals surface area contributed by atoms with Gasteiger partial charge in [-0.05, 0) is 47.9 Å². The number of rotatable bonds is 8. The maximum Gasteiger partial charge on any atom is 0.310 e. The summed E-state index contributed by atoms with van der Waals surface area (Å²) in [5.41, 5.74) is 10.7. The fourth-order valence-electron chi connectivity index (χ4n) is 3.61. The van der Waals surface area contributed by atoms with E-state index >= 15 is 0 Å². The second-order valence-corrected chi connectivity index (χ2v) is 7.21. The lowest BCUT2D eigenvalue weighted by Crippen LogP contribution is -2.09. The number of esters is 1. The van der Waals surface area contributed by atoms with Gasteiger partial charge < -0.3 is 19.6 Å². The minimum absolute atomic E-state index is 0.172. The molecule has 1 aromatic heterocycles. The summed E-state index contributed by atoms with van der Waals surface area (Å²) >= 11 is 0. The summed E-state index contributed by atoms with van der Waals surface area (Å²) in [5, 5.41) is 1.02. The van der Waals surface area contributed by atoms with Crippen molar-refractivity contribution >= 4 is 16.9 Å². The number of fused-ring (bicyclic) bond motifs is 1. The van der Waals surface area contributed by atoms with Crippen LogP contribution in [-0.4, -0.2) is 12.6 Å². The number of nitrogens with two attached hydrogens (primary N) is 1. The van der Waals surface area contributed by atoms with Gasteiger partial charge in [0.1, 0.15) is 23.7 Å². The van der Waals surface area contributed by atoms with Crippen molar-refractivity contribution in [1.82, 2.24) is 0 Å². The van der Waals surface area contributed by atoms with Crippen molar-refractivity contribution in [2.75, 3.05) is 6.61 Å². The van der Waals surface area contributed by atoms with Gasteiger partial charge in [-0.2, -0.15) is 0 Å². The van der Waals surface area contributed by atoms with Crippen molar-refractivity contribution in [1.29, 1.82) is 0 Å². The van der Waals surface area contributed by atoms with Crippen LogP contribution in [0.3, 0.4) is 0 Å². The third-order valence-electron chi connectivity index (χ3n) is 5.07. The number of para-hydroxylation sites is 1. The normalized spacial score (nSPS) is 10.9. The molecular formula is C26H25NO4. The van der Waals surface area contributed by atoms with Crippen molar-refractivity contribution < 1.29 is 18.7 Å². The maximum absolute atomic E-state index is 11.9. The van der Waals surface area contributed by atoms with Crippen LogP contribution in [0, 0.1) is 0 Å². The Kier molecular flexibility index (Phi) is 6.34. The van der Waals surface area contributed by atoms with E-state index in [-0.39, 0.29) is 19.0 Å². The van der Waals surface area contributed by atoms with Crippen molar-refractivity contribution in [3.8, 4) is 16.9 Å². The molecule has 0 bridgehead atoms. The molecule has 2 N–H and O–H groups in total. The van der Waals surface area contributed by atoms with Gasteiger partial charge in [-0.25, -0.2) is 0 Å². The molecule has 0 aliphatic rings. The van der Waals surface area contributed by atoms with Crippen molar-refractivity contribution in [2.45, 2.75) is 26.5 Å². The Morgan fingerprint density at radius 3 is 2.68 bits per heavy atom. The maximum atomic E-state index is 11.9. The van der Waals surface area contributed by atoms with E-state index in [2.05, 4.69) is 18.2 Å². The highest BCUT2D eigenvalue weighted by molar-refractivity contribution is 5.94. The highest BCUT2D eigenvalue weighted by Gasteiger charge is 2.13. The molecular weight excluding hydrogens is 390 g/mol. The molecule has 0 atom stereocenters. The van der Waals surface area contributed by atoms with Crippen LogP contribution >= 0.6 is 0 Å². The first kappa shape index (κ1) is 20.7. The topological polar surface area (TPSA) is 74.7 Å². The average Bonchev–Trinajstić information content (AvgIpc) is 3.22. The van der Waals surface area contributed by atoms with Gasteiger partial charge in [-0.1, -0.05) is 48.5 Å². The lowest BCUT2D eigenvalue weighted by molar-refractivity contribution is -0.142. The first-order valence-corrected chi connectivity index (χ1v) is 10.3. The van der Waals surface area contributed by atoms with E-state index in [1.54, 1.807) is 6.92 Å². The van der Waals surface area contributed by atoms with Crippen LogP contribution < -0.4 is 10.5 Å². The van der Waals surface area contributed by atoms with Crippen LogP contribution in [0.5, 0.6) is 5.75 Å². The number of hydrogen-bond acceptors (Lipinski definition) is 5. The van der Waals surface area contributed by atoms with Gasteiger partial charge in [-0.15, -0.1) is 0 Å². The van der Waals surface area contributed by atoms with Gasteiger partial charge in [0.05, 0.1) is 13.0 Å². The summed E-state index contributed by atoms with van der Waals surface area (Å²) in [6.07, 6.45) is 0.172. The Hall–Kier alpha value is -3.57. The highest BCUT2D eigenvalue weighted by atomic mass is 16.5. The van der Waals surface area contributed by atoms with Gasteiger partial charge in [0.15, 0.2) is 0 Å². The minimum Gasteiger partial charge on any atom is -0.485 e. The Bertz CT molecular complexity index is 1190. The first-order valence-electron chi connectivity index (χ1n) is 10.3. The van der Waals surface area contributed by atoms with E-state index in [1.165, 1.54) is 0 Å². The molecule has 0 amide bonds. The monoisotopic (exact) mass is 415 g/mol. The fourth-order valence-corrected chi connectivity index (χ4v) is 3.61. The molecule has 0 saturated heterocycles. The molecule has 0 saturated carbocycles. The van der Waals surface area contributed by atoms with Crippen LogP contribution in [0.25, 0.3) is 22.1 Å². The Labute approximate surface area is 181 Å². The summed E-state index contributed by atoms with van der Waals surface area (Å²) in [7, 11) is 0. The zero-order valence-corrected chi connectivity index (χ0v) is 17.5. The van der Waals surface area contributed by atoms with E-state index in [1.807, 2.05) is 54.6 Å². The smallest absolute Gasteiger partial charge is 0.310 e. The SMILES string of the molecule is CCOC(=O)Cc1ccccc1OCc1cc2c(-c3cccc(CN)c3)cccc2o1. The molecule has 5 nitrogen and oxygen atoms in total. The number of furan rings is 1. The Morgan fingerprint density at radius 2 is 1.84 bits per heavy atom. The summed E-state index contributed by atoms with van der Waals surface area (Å²) in [4.78, 5) is 11.9. The van der Waals surface area contributed by atoms with E-state index in [0.29, 0.717) is 24.7 Å². The molecule has 1 heterocycles. The third-order valence-corrected chi connectivity index (χ3v) is 5.07. The summed E-state index contributed by atoms with van der Waals surface area (Å²) in [6, 6.07) is 23.7. The molecule has 0 aliphatic heterocycles. The lowest BCUT2D eigenvalue weighted by Gasteiger charge is -2.10. The van der Waals surface area contributed by atoms with Crippen LogP contribution in [0.2, 0.25) is 0 Å². The van der Waals surface area contributed by atoms with Crippen molar-refractivity contribution in [3.05, 3.63) is 89.7 Å². The molecule has 31 heavy (non-hydrogen) atoms. The predicted molar refractivity (Wildman–Crippen MR) is 121 cm³/mol. The molecule has 0 spiro atoms. The fraction of sp³-hybridized carbons (Fsp3) is 0.192. The second kappa shape index (κ2) is 9.49. The van der Waals surface area contributed by atoms with Crippen LogP contribution in [0.4, 0.5) is 0 Å². The number of ether oxygens (including phenoxy) is 2. The highest BCUT2D eigenvalue weighted by Crippen LogP contribution is 2.32. The van der Waals surface area contributed by atoms with Crippen molar-refractivity contribution in [2.24, 2.45) is 5.73 Å². The molecule has 4 rings (SSSR count). The molecule has 158 valence electrons. The number of carbonyl (C=O) groups excluding carboxylic acids is 1. The number of carbonyl (C=O) groups is 1. The van der Waals surface area contributed by atoms with Gasteiger partial charge >= 0.3 is 5.97 Å². The Balaban J connectivity index is 1.56. The summed E-state index contributed by atoms with van der Waals surface area (Å²) in [5.74, 6) is 1.09. The minimum atomic E-state index is -0.272. The summed E-state index contributed by atoms with van der Waals surface area (Å²) in [6.45, 7) is 2.91. The van der Waals surface area contributed by atoms with Gasteiger partial charge in [-0.3, -0.25) is 4.79 Å². The summed E-state index contributed by atoms with van der Waals surface area (Å²) < 4.78 is 17.1. The second-order valence-electron chi connectivity index (χ2n) is 7.21. The van der Waals surface area contributed by atoms with Crippen LogP contribution in [0.15, 0.2) is 77.2 Å². The molecule has 0 fully saturated rings. The van der Waals surface area contributed by atoms with E-state index < -0.39 is 0 Å². The van der Waals surface area contributed by atoms with Crippen molar-refractivity contribution in [3.63, 3.8) is 0 Å².